The number of halogens is 1. The number of nitrogens with one attached hydrogen (secondary N) is 1. The third-order valence-electron chi connectivity index (χ3n) is 3.00. The number of esters is 1. The second kappa shape index (κ2) is 5.24. The molecule has 6 heteroatoms. The van der Waals surface area contributed by atoms with Crippen LogP contribution in [0.25, 0.3) is 0 Å². The molecular formula is C12H16BrN3O2. The van der Waals surface area contributed by atoms with Crippen molar-refractivity contribution in [3.63, 3.8) is 0 Å². The van der Waals surface area contributed by atoms with Crippen molar-refractivity contribution in [1.82, 2.24) is 10.3 Å². The van der Waals surface area contributed by atoms with Crippen LogP contribution in [-0.2, 0) is 16.1 Å². The molecule has 3 N–H and O–H groups in total. The largest absolute Gasteiger partial charge is 0.465 e. The lowest BCUT2D eigenvalue weighted by molar-refractivity contribution is -0.147. The molecular weight excluding hydrogens is 298 g/mol. The molecule has 98 valence electrons. The van der Waals surface area contributed by atoms with Crippen LogP contribution in [0.5, 0.6) is 0 Å². The van der Waals surface area contributed by atoms with Crippen LogP contribution in [0.15, 0.2) is 16.7 Å². The second-order valence-electron chi connectivity index (χ2n) is 4.35. The molecule has 1 fully saturated rings. The fourth-order valence-corrected chi connectivity index (χ4v) is 2.12. The number of anilines is 1. The van der Waals surface area contributed by atoms with E-state index in [-0.39, 0.29) is 5.97 Å². The van der Waals surface area contributed by atoms with Crippen molar-refractivity contribution in [2.75, 3.05) is 12.3 Å². The van der Waals surface area contributed by atoms with Gasteiger partial charge in [-0.3, -0.25) is 10.1 Å². The van der Waals surface area contributed by atoms with Gasteiger partial charge in [-0.05, 0) is 41.8 Å². The number of aromatic nitrogens is 1. The van der Waals surface area contributed by atoms with E-state index in [0.717, 1.165) is 22.9 Å². The molecule has 0 aliphatic heterocycles. The molecule has 0 unspecified atom stereocenters. The molecule has 1 aliphatic carbocycles. The Hall–Kier alpha value is -1.14. The number of nitrogen functional groups attached to an aromatic ring is 1. The van der Waals surface area contributed by atoms with Crippen molar-refractivity contribution in [3.05, 3.63) is 22.3 Å². The number of pyridine rings is 1. The van der Waals surface area contributed by atoms with Crippen LogP contribution in [0.1, 0.15) is 25.3 Å². The summed E-state index contributed by atoms with van der Waals surface area (Å²) < 4.78 is 5.92. The number of nitrogens with zero attached hydrogens (tertiary/aromatic N) is 1. The van der Waals surface area contributed by atoms with Gasteiger partial charge >= 0.3 is 5.97 Å². The SMILES string of the molecule is CCOC(=O)C1(NCc2cc(Br)cnc2N)CC1. The zero-order chi connectivity index (χ0) is 13.2. The Kier molecular flexibility index (Phi) is 3.87. The Balaban J connectivity index is 1.99. The standard InChI is InChI=1S/C12H16BrN3O2/c1-2-18-11(17)12(3-4-12)16-6-8-5-9(13)7-15-10(8)14/h5,7,16H,2-4,6H2,1H3,(H2,14,15). The topological polar surface area (TPSA) is 77.2 Å². The van der Waals surface area contributed by atoms with Gasteiger partial charge in [0.25, 0.3) is 0 Å². The van der Waals surface area contributed by atoms with E-state index in [4.69, 9.17) is 10.5 Å². The first kappa shape index (κ1) is 13.3. The molecule has 0 bridgehead atoms. The van der Waals surface area contributed by atoms with Crippen LogP contribution in [0.3, 0.4) is 0 Å². The van der Waals surface area contributed by atoms with E-state index in [2.05, 4.69) is 26.2 Å². The highest BCUT2D eigenvalue weighted by atomic mass is 79.9. The summed E-state index contributed by atoms with van der Waals surface area (Å²) in [4.78, 5) is 15.8. The van der Waals surface area contributed by atoms with Gasteiger partial charge in [0.2, 0.25) is 0 Å². The predicted molar refractivity (Wildman–Crippen MR) is 71.8 cm³/mol. The van der Waals surface area contributed by atoms with Crippen molar-refractivity contribution in [3.8, 4) is 0 Å². The molecule has 1 aromatic rings. The minimum atomic E-state index is -0.509. The average Bonchev–Trinajstić information content (AvgIpc) is 3.12. The zero-order valence-corrected chi connectivity index (χ0v) is 11.8. The molecule has 0 atom stereocenters. The summed E-state index contributed by atoms with van der Waals surface area (Å²) in [7, 11) is 0. The van der Waals surface area contributed by atoms with E-state index in [0.29, 0.717) is 19.0 Å². The highest BCUT2D eigenvalue weighted by Gasteiger charge is 2.50. The van der Waals surface area contributed by atoms with Gasteiger partial charge in [-0.25, -0.2) is 4.98 Å². The quantitative estimate of drug-likeness (QED) is 0.808. The van der Waals surface area contributed by atoms with Crippen molar-refractivity contribution < 1.29 is 9.53 Å². The van der Waals surface area contributed by atoms with Crippen LogP contribution < -0.4 is 11.1 Å². The minimum absolute atomic E-state index is 0.175. The molecule has 1 heterocycles. The summed E-state index contributed by atoms with van der Waals surface area (Å²) in [5, 5.41) is 3.22. The van der Waals surface area contributed by atoms with Gasteiger partial charge in [0.15, 0.2) is 0 Å². The first-order valence-electron chi connectivity index (χ1n) is 5.89. The highest BCUT2D eigenvalue weighted by Crippen LogP contribution is 2.37. The fourth-order valence-electron chi connectivity index (χ4n) is 1.75. The maximum absolute atomic E-state index is 11.8. The molecule has 2 rings (SSSR count). The average molecular weight is 314 g/mol. The first-order chi connectivity index (χ1) is 8.57. The summed E-state index contributed by atoms with van der Waals surface area (Å²) in [5.74, 6) is 0.303. The molecule has 1 aliphatic rings. The molecule has 0 saturated heterocycles. The Morgan fingerprint density at radius 1 is 1.67 bits per heavy atom. The van der Waals surface area contributed by atoms with E-state index < -0.39 is 5.54 Å². The number of nitrogens with two attached hydrogens (primary N) is 1. The molecule has 18 heavy (non-hydrogen) atoms. The Bertz CT molecular complexity index is 461. The van der Waals surface area contributed by atoms with Gasteiger partial charge in [0, 0.05) is 22.8 Å². The number of carbonyl (C=O) groups excluding carboxylic acids is 1. The number of hydrogen-bond acceptors (Lipinski definition) is 5. The molecule has 0 aromatic carbocycles. The second-order valence-corrected chi connectivity index (χ2v) is 5.27. The lowest BCUT2D eigenvalue weighted by Crippen LogP contribution is -2.40. The van der Waals surface area contributed by atoms with E-state index in [1.54, 1.807) is 6.20 Å². The maximum atomic E-state index is 11.8. The van der Waals surface area contributed by atoms with Crippen LogP contribution in [0.4, 0.5) is 5.82 Å². The van der Waals surface area contributed by atoms with Crippen LogP contribution in [0, 0.1) is 0 Å². The summed E-state index contributed by atoms with van der Waals surface area (Å²) in [6.07, 6.45) is 3.28. The number of ether oxygens (including phenoxy) is 1. The fraction of sp³-hybridized carbons (Fsp3) is 0.500. The molecule has 0 amide bonds. The third kappa shape index (κ3) is 2.81. The number of hydrogen-bond donors (Lipinski definition) is 2. The van der Waals surface area contributed by atoms with Crippen molar-refractivity contribution in [2.24, 2.45) is 0 Å². The summed E-state index contributed by atoms with van der Waals surface area (Å²) in [6.45, 7) is 2.73. The number of carbonyl (C=O) groups is 1. The first-order valence-corrected chi connectivity index (χ1v) is 6.69. The predicted octanol–water partition coefficient (Wildman–Crippen LogP) is 1.61. The van der Waals surface area contributed by atoms with E-state index >= 15 is 0 Å². The van der Waals surface area contributed by atoms with Gasteiger partial charge in [-0.1, -0.05) is 0 Å². The third-order valence-corrected chi connectivity index (χ3v) is 3.44. The molecule has 0 radical (unpaired) electrons. The lowest BCUT2D eigenvalue weighted by atomic mass is 10.2. The summed E-state index contributed by atoms with van der Waals surface area (Å²) in [5.41, 5.74) is 6.15. The summed E-state index contributed by atoms with van der Waals surface area (Å²) in [6, 6.07) is 1.90. The number of rotatable bonds is 5. The van der Waals surface area contributed by atoms with Gasteiger partial charge in [-0.15, -0.1) is 0 Å². The van der Waals surface area contributed by atoms with Gasteiger partial charge in [0.05, 0.1) is 6.61 Å². The smallest absolute Gasteiger partial charge is 0.326 e. The minimum Gasteiger partial charge on any atom is -0.465 e. The lowest BCUT2D eigenvalue weighted by Gasteiger charge is -2.16. The van der Waals surface area contributed by atoms with Crippen LogP contribution in [-0.4, -0.2) is 23.1 Å². The van der Waals surface area contributed by atoms with E-state index in [1.807, 2.05) is 13.0 Å². The highest BCUT2D eigenvalue weighted by molar-refractivity contribution is 9.10. The Morgan fingerprint density at radius 3 is 3.00 bits per heavy atom. The maximum Gasteiger partial charge on any atom is 0.326 e. The molecule has 1 aromatic heterocycles. The van der Waals surface area contributed by atoms with Crippen molar-refractivity contribution >= 4 is 27.7 Å². The Labute approximate surface area is 114 Å². The van der Waals surface area contributed by atoms with E-state index in [1.165, 1.54) is 0 Å². The van der Waals surface area contributed by atoms with Gasteiger partial charge in [0.1, 0.15) is 11.4 Å². The molecule has 1 saturated carbocycles. The van der Waals surface area contributed by atoms with Crippen molar-refractivity contribution in [2.45, 2.75) is 31.8 Å². The van der Waals surface area contributed by atoms with Gasteiger partial charge in [-0.2, -0.15) is 0 Å². The van der Waals surface area contributed by atoms with Gasteiger partial charge < -0.3 is 10.5 Å². The normalized spacial score (nSPS) is 16.3. The Morgan fingerprint density at radius 2 is 2.39 bits per heavy atom. The molecule has 0 spiro atoms. The monoisotopic (exact) mass is 313 g/mol. The van der Waals surface area contributed by atoms with Crippen LogP contribution >= 0.6 is 15.9 Å². The van der Waals surface area contributed by atoms with E-state index in [9.17, 15) is 4.79 Å². The zero-order valence-electron chi connectivity index (χ0n) is 10.2. The van der Waals surface area contributed by atoms with Crippen LogP contribution in [0.2, 0.25) is 0 Å². The molecule has 5 nitrogen and oxygen atoms in total. The summed E-state index contributed by atoms with van der Waals surface area (Å²) >= 11 is 3.35. The van der Waals surface area contributed by atoms with Crippen molar-refractivity contribution in [1.29, 1.82) is 0 Å².